The second-order valence-electron chi connectivity index (χ2n) is 7.79. The molecule has 0 aliphatic heterocycles. The summed E-state index contributed by atoms with van der Waals surface area (Å²) in [6, 6.07) is 27.7. The summed E-state index contributed by atoms with van der Waals surface area (Å²) >= 11 is 0. The van der Waals surface area contributed by atoms with Crippen molar-refractivity contribution < 1.29 is 21.7 Å². The number of halogens is 4. The number of hydrogen-bond acceptors (Lipinski definition) is 0. The van der Waals surface area contributed by atoms with Crippen LogP contribution in [0.25, 0.3) is 33.8 Å². The van der Waals surface area contributed by atoms with E-state index in [1.807, 2.05) is 6.07 Å². The molecular formula is C26H21BF4O. The zero-order valence-corrected chi connectivity index (χ0v) is 17.7. The zero-order valence-electron chi connectivity index (χ0n) is 17.7. The minimum atomic E-state index is -6.00. The van der Waals surface area contributed by atoms with E-state index >= 15 is 0 Å². The van der Waals surface area contributed by atoms with Crippen LogP contribution >= 0.6 is 0 Å². The molecular weight excluding hydrogens is 415 g/mol. The topological polar surface area (TPSA) is 11.3 Å². The lowest BCUT2D eigenvalue weighted by atomic mass is 9.97. The third-order valence-electron chi connectivity index (χ3n) is 5.57. The minimum absolute atomic E-state index is 0.918. The molecule has 1 aliphatic carbocycles. The van der Waals surface area contributed by atoms with Gasteiger partial charge in [-0.1, -0.05) is 60.7 Å². The Kier molecular flexibility index (Phi) is 5.87. The Balaban J connectivity index is 0.000000444. The van der Waals surface area contributed by atoms with Crippen molar-refractivity contribution in [3.8, 4) is 33.8 Å². The number of aryl methyl sites for hydroxylation is 2. The molecule has 0 radical (unpaired) electrons. The highest BCUT2D eigenvalue weighted by Crippen LogP contribution is 2.46. The molecule has 1 aromatic heterocycles. The maximum absolute atomic E-state index is 9.75. The molecule has 0 bridgehead atoms. The summed E-state index contributed by atoms with van der Waals surface area (Å²) < 4.78 is 45.5. The van der Waals surface area contributed by atoms with Crippen LogP contribution in [0.4, 0.5) is 17.3 Å². The summed E-state index contributed by atoms with van der Waals surface area (Å²) in [4.78, 5) is 0. The fourth-order valence-corrected chi connectivity index (χ4v) is 4.13. The third kappa shape index (κ3) is 4.59. The summed E-state index contributed by atoms with van der Waals surface area (Å²) in [6.07, 6.45) is 0.932. The Morgan fingerprint density at radius 2 is 1.22 bits per heavy atom. The van der Waals surface area contributed by atoms with E-state index in [1.54, 1.807) is 0 Å². The van der Waals surface area contributed by atoms with Gasteiger partial charge in [0, 0.05) is 12.0 Å². The molecule has 162 valence electrons. The highest BCUT2D eigenvalue weighted by atomic mass is 19.5. The summed E-state index contributed by atoms with van der Waals surface area (Å²) in [5.74, 6) is 1.95. The average molecular weight is 436 g/mol. The molecule has 0 saturated heterocycles. The molecule has 6 heteroatoms. The van der Waals surface area contributed by atoms with Crippen LogP contribution < -0.4 is 0 Å². The molecule has 1 nitrogen and oxygen atoms in total. The minimum Gasteiger partial charge on any atom is -0.418 e. The van der Waals surface area contributed by atoms with Crippen molar-refractivity contribution in [3.05, 3.63) is 101 Å². The summed E-state index contributed by atoms with van der Waals surface area (Å²) in [5.41, 5.74) is 10.2. The first-order valence-corrected chi connectivity index (χ1v) is 10.3. The van der Waals surface area contributed by atoms with Crippen molar-refractivity contribution in [1.82, 2.24) is 0 Å². The standard InChI is InChI=1S/C26H21O.BF4/c1-17-13-14-18(2)25-21(17)15-23-22(19-9-5-3-6-10-19)16-24(27-26(23)25)20-11-7-4-8-12-20;2-1(3,4)5/h3-14,16H,15H2,1-2H3;/q+1;-1. The van der Waals surface area contributed by atoms with Crippen LogP contribution in [0.3, 0.4) is 0 Å². The quantitative estimate of drug-likeness (QED) is 0.154. The highest BCUT2D eigenvalue weighted by Gasteiger charge is 2.36. The fraction of sp³-hybridized carbons (Fsp3) is 0.115. The van der Waals surface area contributed by atoms with E-state index in [0.717, 1.165) is 23.5 Å². The molecule has 0 fully saturated rings. The van der Waals surface area contributed by atoms with Gasteiger partial charge in [-0.25, -0.2) is 4.42 Å². The molecule has 4 aromatic rings. The van der Waals surface area contributed by atoms with Crippen LogP contribution in [0.1, 0.15) is 22.3 Å². The van der Waals surface area contributed by atoms with Crippen molar-refractivity contribution >= 4 is 7.25 Å². The van der Waals surface area contributed by atoms with Crippen molar-refractivity contribution in [1.29, 1.82) is 0 Å². The molecule has 1 aliphatic rings. The van der Waals surface area contributed by atoms with Gasteiger partial charge in [0.2, 0.25) is 0 Å². The molecule has 0 amide bonds. The van der Waals surface area contributed by atoms with E-state index in [1.165, 1.54) is 38.9 Å². The predicted molar refractivity (Wildman–Crippen MR) is 122 cm³/mol. The second-order valence-corrected chi connectivity index (χ2v) is 7.79. The maximum Gasteiger partial charge on any atom is 0.673 e. The lowest BCUT2D eigenvalue weighted by molar-refractivity contribution is 0.368. The van der Waals surface area contributed by atoms with Gasteiger partial charge in [0.25, 0.3) is 0 Å². The van der Waals surface area contributed by atoms with Crippen molar-refractivity contribution in [2.45, 2.75) is 20.3 Å². The Morgan fingerprint density at radius 1 is 0.688 bits per heavy atom. The third-order valence-corrected chi connectivity index (χ3v) is 5.57. The monoisotopic (exact) mass is 436 g/mol. The maximum atomic E-state index is 9.75. The van der Waals surface area contributed by atoms with Gasteiger partial charge in [0.1, 0.15) is 0 Å². The first-order chi connectivity index (χ1) is 15.2. The van der Waals surface area contributed by atoms with Gasteiger partial charge in [-0.15, -0.1) is 0 Å². The number of benzene rings is 3. The van der Waals surface area contributed by atoms with E-state index in [2.05, 4.69) is 86.6 Å². The number of fused-ring (bicyclic) bond motifs is 3. The van der Waals surface area contributed by atoms with Gasteiger partial charge in [-0.05, 0) is 48.2 Å². The molecule has 3 aromatic carbocycles. The van der Waals surface area contributed by atoms with Gasteiger partial charge in [0.15, 0.2) is 0 Å². The lowest BCUT2D eigenvalue weighted by Crippen LogP contribution is -2.02. The number of rotatable bonds is 2. The van der Waals surface area contributed by atoms with Crippen molar-refractivity contribution in [3.63, 3.8) is 0 Å². The molecule has 32 heavy (non-hydrogen) atoms. The Bertz CT molecular complexity index is 1250. The van der Waals surface area contributed by atoms with E-state index in [-0.39, 0.29) is 0 Å². The van der Waals surface area contributed by atoms with E-state index in [9.17, 15) is 17.3 Å². The fourth-order valence-electron chi connectivity index (χ4n) is 4.13. The van der Waals surface area contributed by atoms with Gasteiger partial charge in [-0.2, -0.15) is 0 Å². The Morgan fingerprint density at radius 3 is 1.81 bits per heavy atom. The normalized spacial score (nSPS) is 11.9. The molecule has 0 unspecified atom stereocenters. The molecule has 0 atom stereocenters. The Hall–Kier alpha value is -3.41. The van der Waals surface area contributed by atoms with E-state index in [4.69, 9.17) is 4.42 Å². The summed E-state index contributed by atoms with van der Waals surface area (Å²) in [7, 11) is -6.00. The molecule has 5 rings (SSSR count). The zero-order chi connectivity index (χ0) is 22.9. The molecule has 0 N–H and O–H groups in total. The van der Waals surface area contributed by atoms with Crippen LogP contribution in [0.2, 0.25) is 0 Å². The average Bonchev–Trinajstić information content (AvgIpc) is 3.17. The number of hydrogen-bond donors (Lipinski definition) is 0. The van der Waals surface area contributed by atoms with Crippen molar-refractivity contribution in [2.75, 3.05) is 0 Å². The van der Waals surface area contributed by atoms with Crippen LogP contribution in [0, 0.1) is 13.8 Å². The SMILES string of the molecule is Cc1ccc(C)c2c1Cc1c(-c3ccccc3)cc(-c3ccccc3)[o+]c1-2.F[B-](F)(F)F. The lowest BCUT2D eigenvalue weighted by Gasteiger charge is -2.05. The van der Waals surface area contributed by atoms with Crippen LogP contribution in [-0.2, 0) is 6.42 Å². The van der Waals surface area contributed by atoms with Crippen molar-refractivity contribution in [2.24, 2.45) is 0 Å². The first-order valence-electron chi connectivity index (χ1n) is 10.3. The molecule has 1 heterocycles. The summed E-state index contributed by atoms with van der Waals surface area (Å²) in [5, 5.41) is 0. The first kappa shape index (κ1) is 21.8. The summed E-state index contributed by atoms with van der Waals surface area (Å²) in [6.45, 7) is 4.38. The van der Waals surface area contributed by atoms with Gasteiger partial charge >= 0.3 is 18.8 Å². The predicted octanol–water partition coefficient (Wildman–Crippen LogP) is 8.38. The van der Waals surface area contributed by atoms with Crippen LogP contribution in [0.5, 0.6) is 0 Å². The Labute approximate surface area is 184 Å². The second kappa shape index (κ2) is 8.62. The largest absolute Gasteiger partial charge is 0.673 e. The van der Waals surface area contributed by atoms with Crippen LogP contribution in [-0.4, -0.2) is 7.25 Å². The van der Waals surface area contributed by atoms with Gasteiger partial charge in [0.05, 0.1) is 22.8 Å². The van der Waals surface area contributed by atoms with E-state index in [0.29, 0.717) is 0 Å². The molecule has 0 saturated carbocycles. The van der Waals surface area contributed by atoms with Crippen LogP contribution in [0.15, 0.2) is 83.3 Å². The van der Waals surface area contributed by atoms with E-state index < -0.39 is 7.25 Å². The smallest absolute Gasteiger partial charge is 0.418 e. The highest BCUT2D eigenvalue weighted by molar-refractivity contribution is 6.50. The van der Waals surface area contributed by atoms with Gasteiger partial charge in [-0.3, -0.25) is 0 Å². The van der Waals surface area contributed by atoms with Gasteiger partial charge < -0.3 is 17.3 Å². The molecule has 0 spiro atoms.